The molecule has 1 saturated carbocycles. The molecule has 0 aromatic carbocycles. The molecule has 1 unspecified atom stereocenters. The molecule has 0 N–H and O–H groups in total. The largest absolute Gasteiger partial charge is 0.147 e. The van der Waals surface area contributed by atoms with E-state index in [1.807, 2.05) is 5.98 Å². The first kappa shape index (κ1) is 11.9. The van der Waals surface area contributed by atoms with Gasteiger partial charge in [-0.2, -0.15) is 0 Å². The van der Waals surface area contributed by atoms with Gasteiger partial charge in [0.2, 0.25) is 0 Å². The van der Waals surface area contributed by atoms with Crippen LogP contribution in [0.1, 0.15) is 58.8 Å². The van der Waals surface area contributed by atoms with E-state index in [1.54, 1.807) is 0 Å². The molecule has 1 fully saturated rings. The van der Waals surface area contributed by atoms with Crippen molar-refractivity contribution in [3.63, 3.8) is 0 Å². The van der Waals surface area contributed by atoms with Gasteiger partial charge in [-0.25, -0.2) is 0 Å². The summed E-state index contributed by atoms with van der Waals surface area (Å²) in [5, 5.41) is 0.409. The van der Waals surface area contributed by atoms with Crippen LogP contribution in [0.25, 0.3) is 0 Å². The highest BCUT2D eigenvalue weighted by molar-refractivity contribution is 6.46. The summed E-state index contributed by atoms with van der Waals surface area (Å²) in [6, 6.07) is 0. The highest BCUT2D eigenvalue weighted by atomic mass is 14.3. The summed E-state index contributed by atoms with van der Waals surface area (Å²) in [4.78, 5) is 0. The highest BCUT2D eigenvalue weighted by Crippen LogP contribution is 2.45. The summed E-state index contributed by atoms with van der Waals surface area (Å²) < 4.78 is 0. The van der Waals surface area contributed by atoms with Gasteiger partial charge in [0, 0.05) is 0 Å². The molecule has 0 spiro atoms. The monoisotopic (exact) mass is 191 g/mol. The first-order valence-corrected chi connectivity index (χ1v) is 6.20. The predicted octanol–water partition coefficient (Wildman–Crippen LogP) is 4.39. The Labute approximate surface area is 90.4 Å². The molecule has 0 bridgehead atoms. The standard InChI is InChI=1S/C13H24B/c1-4-13(3,14-5-2)12-10-8-6-7-9-11-12/h5,12H,2,4,6-11H2,1,3H3. The third kappa shape index (κ3) is 2.90. The zero-order chi connectivity index (χ0) is 10.4. The average Bonchev–Trinajstić information content (AvgIpc) is 2.46. The van der Waals surface area contributed by atoms with Gasteiger partial charge in [-0.3, -0.25) is 0 Å². The molecule has 1 heteroatoms. The molecule has 0 aliphatic heterocycles. The van der Waals surface area contributed by atoms with Gasteiger partial charge < -0.3 is 0 Å². The Hall–Kier alpha value is -0.195. The topological polar surface area (TPSA) is 0 Å². The zero-order valence-corrected chi connectivity index (χ0v) is 9.89. The maximum atomic E-state index is 3.86. The summed E-state index contributed by atoms with van der Waals surface area (Å²) in [5.41, 5.74) is 0. The minimum absolute atomic E-state index is 0.409. The highest BCUT2D eigenvalue weighted by Gasteiger charge is 2.31. The SMILES string of the molecule is C=C[B]C(C)(CC)C1CCCCCC1. The lowest BCUT2D eigenvalue weighted by atomic mass is 9.46. The van der Waals surface area contributed by atoms with Gasteiger partial charge in [-0.15, -0.1) is 12.6 Å². The Bertz CT molecular complexity index is 168. The summed E-state index contributed by atoms with van der Waals surface area (Å²) in [6.45, 7) is 8.57. The van der Waals surface area contributed by atoms with Gasteiger partial charge in [-0.1, -0.05) is 64.1 Å². The van der Waals surface area contributed by atoms with Crippen LogP contribution in [0.2, 0.25) is 5.31 Å². The van der Waals surface area contributed by atoms with Crippen LogP contribution >= 0.6 is 0 Å². The van der Waals surface area contributed by atoms with Gasteiger partial charge in [0.1, 0.15) is 7.28 Å². The Balaban J connectivity index is 2.60. The lowest BCUT2D eigenvalue weighted by Gasteiger charge is -2.35. The van der Waals surface area contributed by atoms with E-state index < -0.39 is 0 Å². The van der Waals surface area contributed by atoms with Crippen LogP contribution in [0.4, 0.5) is 0 Å². The fraction of sp³-hybridized carbons (Fsp3) is 0.846. The third-order valence-electron chi connectivity index (χ3n) is 4.05. The summed E-state index contributed by atoms with van der Waals surface area (Å²) >= 11 is 0. The number of rotatable bonds is 4. The zero-order valence-electron chi connectivity index (χ0n) is 9.89. The van der Waals surface area contributed by atoms with Crippen LogP contribution in [-0.4, -0.2) is 7.28 Å². The van der Waals surface area contributed by atoms with Crippen LogP contribution in [0.3, 0.4) is 0 Å². The molecule has 79 valence electrons. The molecular formula is C13H24B. The Kier molecular flexibility index (Phi) is 4.78. The van der Waals surface area contributed by atoms with Crippen molar-refractivity contribution in [2.24, 2.45) is 5.92 Å². The molecule has 0 saturated heterocycles. The van der Waals surface area contributed by atoms with Crippen molar-refractivity contribution in [2.45, 2.75) is 64.1 Å². The van der Waals surface area contributed by atoms with Crippen molar-refractivity contribution in [3.8, 4) is 0 Å². The van der Waals surface area contributed by atoms with Gasteiger partial charge in [0.25, 0.3) is 0 Å². The van der Waals surface area contributed by atoms with Crippen molar-refractivity contribution >= 4 is 7.28 Å². The molecule has 0 nitrogen and oxygen atoms in total. The molecule has 1 radical (unpaired) electrons. The predicted molar refractivity (Wildman–Crippen MR) is 65.8 cm³/mol. The van der Waals surface area contributed by atoms with Crippen molar-refractivity contribution in [2.75, 3.05) is 0 Å². The Morgan fingerprint density at radius 1 is 1.29 bits per heavy atom. The van der Waals surface area contributed by atoms with E-state index in [1.165, 1.54) is 44.9 Å². The van der Waals surface area contributed by atoms with Crippen molar-refractivity contribution in [1.82, 2.24) is 0 Å². The Morgan fingerprint density at radius 2 is 1.86 bits per heavy atom. The fourth-order valence-electron chi connectivity index (χ4n) is 2.75. The first-order chi connectivity index (χ1) is 6.73. The molecule has 0 amide bonds. The smallest absolute Gasteiger partial charge is 0.129 e. The maximum Gasteiger partial charge on any atom is 0.147 e. The fourth-order valence-corrected chi connectivity index (χ4v) is 2.75. The summed E-state index contributed by atoms with van der Waals surface area (Å²) in [6.07, 6.45) is 9.87. The van der Waals surface area contributed by atoms with Crippen molar-refractivity contribution in [1.29, 1.82) is 0 Å². The normalized spacial score (nSPS) is 23.6. The third-order valence-corrected chi connectivity index (χ3v) is 4.05. The molecule has 0 heterocycles. The lowest BCUT2D eigenvalue weighted by Crippen LogP contribution is -2.25. The minimum atomic E-state index is 0.409. The second kappa shape index (κ2) is 5.63. The van der Waals surface area contributed by atoms with E-state index in [0.29, 0.717) is 5.31 Å². The molecule has 0 aromatic heterocycles. The molecule has 14 heavy (non-hydrogen) atoms. The minimum Gasteiger partial charge on any atom is -0.129 e. The van der Waals surface area contributed by atoms with E-state index >= 15 is 0 Å². The van der Waals surface area contributed by atoms with Crippen LogP contribution in [0, 0.1) is 5.92 Å². The van der Waals surface area contributed by atoms with E-state index in [0.717, 1.165) is 5.92 Å². The van der Waals surface area contributed by atoms with E-state index in [9.17, 15) is 0 Å². The van der Waals surface area contributed by atoms with E-state index in [-0.39, 0.29) is 0 Å². The van der Waals surface area contributed by atoms with Gasteiger partial charge >= 0.3 is 0 Å². The number of hydrogen-bond donors (Lipinski definition) is 0. The summed E-state index contributed by atoms with van der Waals surface area (Å²) in [5.74, 6) is 2.89. The van der Waals surface area contributed by atoms with E-state index in [2.05, 4.69) is 27.7 Å². The Morgan fingerprint density at radius 3 is 2.29 bits per heavy atom. The van der Waals surface area contributed by atoms with Crippen LogP contribution < -0.4 is 0 Å². The van der Waals surface area contributed by atoms with Gasteiger partial charge in [0.05, 0.1) is 0 Å². The lowest BCUT2D eigenvalue weighted by molar-refractivity contribution is 0.328. The van der Waals surface area contributed by atoms with Crippen LogP contribution in [0.5, 0.6) is 0 Å². The van der Waals surface area contributed by atoms with Gasteiger partial charge in [-0.05, 0) is 5.92 Å². The first-order valence-electron chi connectivity index (χ1n) is 6.20. The summed E-state index contributed by atoms with van der Waals surface area (Å²) in [7, 11) is 2.34. The van der Waals surface area contributed by atoms with Crippen molar-refractivity contribution < 1.29 is 0 Å². The van der Waals surface area contributed by atoms with E-state index in [4.69, 9.17) is 0 Å². The molecule has 0 aromatic rings. The number of hydrogen-bond acceptors (Lipinski definition) is 0. The molecule has 1 rings (SSSR count). The average molecular weight is 191 g/mol. The maximum absolute atomic E-state index is 3.86. The second-order valence-electron chi connectivity index (χ2n) is 4.95. The quantitative estimate of drug-likeness (QED) is 0.456. The molecule has 1 aliphatic carbocycles. The van der Waals surface area contributed by atoms with Gasteiger partial charge in [0.15, 0.2) is 0 Å². The second-order valence-corrected chi connectivity index (χ2v) is 4.95. The van der Waals surface area contributed by atoms with Crippen LogP contribution in [-0.2, 0) is 0 Å². The van der Waals surface area contributed by atoms with Crippen molar-refractivity contribution in [3.05, 3.63) is 12.6 Å². The van der Waals surface area contributed by atoms with Crippen LogP contribution in [0.15, 0.2) is 12.6 Å². The molecule has 1 atom stereocenters. The molecular weight excluding hydrogens is 167 g/mol. The molecule has 1 aliphatic rings.